The van der Waals surface area contributed by atoms with Gasteiger partial charge in [0.25, 0.3) is 5.56 Å². The third kappa shape index (κ3) is 3.00. The predicted octanol–water partition coefficient (Wildman–Crippen LogP) is 2.24. The number of nitrogens with one attached hydrogen (secondary N) is 1. The van der Waals surface area contributed by atoms with Gasteiger partial charge in [-0.1, -0.05) is 37.3 Å². The number of aromatic amines is 1. The molecule has 2 aromatic rings. The Morgan fingerprint density at radius 3 is 2.72 bits per heavy atom. The second kappa shape index (κ2) is 6.64. The first-order valence-corrected chi connectivity index (χ1v) is 8.32. The third-order valence-electron chi connectivity index (χ3n) is 4.23. The Labute approximate surface area is 149 Å². The number of aromatic hydroxyl groups is 1. The zero-order valence-corrected chi connectivity index (χ0v) is 14.7. The topological polar surface area (TPSA) is 90.7 Å². The maximum atomic E-state index is 12.3. The van der Waals surface area contributed by atoms with Crippen LogP contribution in [0, 0.1) is 4.77 Å². The van der Waals surface area contributed by atoms with E-state index in [4.69, 9.17) is 12.2 Å². The van der Waals surface area contributed by atoms with Crippen molar-refractivity contribution in [3.8, 4) is 5.88 Å². The number of amides is 1. The van der Waals surface area contributed by atoms with Gasteiger partial charge in [0.15, 0.2) is 4.77 Å². The molecule has 0 aliphatic carbocycles. The number of hydrogen-bond donors (Lipinski definition) is 2. The molecule has 7 nitrogen and oxygen atoms in total. The number of nitrogens with zero attached hydrogens (tertiary/aromatic N) is 3. The largest absolute Gasteiger partial charge is 0.494 e. The van der Waals surface area contributed by atoms with Crippen molar-refractivity contribution in [2.75, 3.05) is 0 Å². The van der Waals surface area contributed by atoms with Crippen LogP contribution in [0.2, 0.25) is 0 Å². The Hall–Kier alpha value is -2.74. The van der Waals surface area contributed by atoms with Crippen molar-refractivity contribution in [1.29, 1.82) is 0 Å². The van der Waals surface area contributed by atoms with Gasteiger partial charge in [0, 0.05) is 19.9 Å². The van der Waals surface area contributed by atoms with Crippen molar-refractivity contribution in [3.05, 3.63) is 56.6 Å². The lowest BCUT2D eigenvalue weighted by molar-refractivity contribution is -0.132. The van der Waals surface area contributed by atoms with Crippen LogP contribution in [0.3, 0.4) is 0 Å². The molecule has 1 atom stereocenters. The lowest BCUT2D eigenvalue weighted by atomic mass is 9.99. The van der Waals surface area contributed by atoms with Crippen LogP contribution < -0.4 is 5.56 Å². The predicted molar refractivity (Wildman–Crippen MR) is 96.0 cm³/mol. The van der Waals surface area contributed by atoms with E-state index in [1.165, 1.54) is 9.58 Å². The van der Waals surface area contributed by atoms with Crippen LogP contribution in [-0.2, 0) is 11.8 Å². The molecular formula is C17H18N4O3S. The van der Waals surface area contributed by atoms with Crippen LogP contribution in [0.5, 0.6) is 5.88 Å². The van der Waals surface area contributed by atoms with Crippen molar-refractivity contribution in [2.24, 2.45) is 12.1 Å². The summed E-state index contributed by atoms with van der Waals surface area (Å²) in [6.07, 6.45) is 0.629. The Morgan fingerprint density at radius 1 is 1.40 bits per heavy atom. The number of hydrogen-bond acceptors (Lipinski definition) is 5. The SMILES string of the molecule is CCC(=O)N1N=C(c2c(O)n(C)c(=S)[nH]c2=O)C[C@H]1c1ccccc1. The minimum atomic E-state index is -0.517. The lowest BCUT2D eigenvalue weighted by Gasteiger charge is -2.21. The van der Waals surface area contributed by atoms with Gasteiger partial charge in [-0.15, -0.1) is 0 Å². The number of hydrazone groups is 1. The molecule has 25 heavy (non-hydrogen) atoms. The van der Waals surface area contributed by atoms with Crippen LogP contribution >= 0.6 is 12.2 Å². The van der Waals surface area contributed by atoms with Crippen LogP contribution in [-0.4, -0.2) is 31.3 Å². The molecule has 1 aromatic heterocycles. The standard InChI is InChI=1S/C17H18N4O3S/c1-3-13(22)21-12(10-7-5-4-6-8-10)9-11(19-21)14-15(23)18-17(25)20(2)16(14)24/h4-8,12,24H,3,9H2,1-2H3,(H,18,23,25)/t12-/m0/s1. The van der Waals surface area contributed by atoms with E-state index in [1.54, 1.807) is 14.0 Å². The smallest absolute Gasteiger partial charge is 0.264 e. The number of carbonyl (C=O) groups is 1. The highest BCUT2D eigenvalue weighted by Gasteiger charge is 2.34. The van der Waals surface area contributed by atoms with Gasteiger partial charge in [0.05, 0.1) is 11.8 Å². The fourth-order valence-electron chi connectivity index (χ4n) is 2.86. The Morgan fingerprint density at radius 2 is 2.08 bits per heavy atom. The zero-order chi connectivity index (χ0) is 18.1. The average Bonchev–Trinajstić information content (AvgIpc) is 3.05. The summed E-state index contributed by atoms with van der Waals surface area (Å²) in [5.41, 5.74) is 0.809. The minimum Gasteiger partial charge on any atom is -0.494 e. The summed E-state index contributed by atoms with van der Waals surface area (Å²) in [5.74, 6) is -0.408. The van der Waals surface area contributed by atoms with Gasteiger partial charge >= 0.3 is 0 Å². The van der Waals surface area contributed by atoms with Crippen molar-refractivity contribution < 1.29 is 9.90 Å². The third-order valence-corrected chi connectivity index (χ3v) is 4.61. The normalized spacial score (nSPS) is 16.8. The van der Waals surface area contributed by atoms with Crippen LogP contribution in [0.4, 0.5) is 0 Å². The first kappa shape index (κ1) is 17.1. The molecular weight excluding hydrogens is 340 g/mol. The van der Waals surface area contributed by atoms with Crippen LogP contribution in [0.25, 0.3) is 0 Å². The molecule has 1 aliphatic heterocycles. The van der Waals surface area contributed by atoms with Gasteiger partial charge in [-0.3, -0.25) is 19.1 Å². The summed E-state index contributed by atoms with van der Waals surface area (Å²) >= 11 is 4.99. The monoisotopic (exact) mass is 358 g/mol. The Balaban J connectivity index is 2.10. The average molecular weight is 358 g/mol. The second-order valence-electron chi connectivity index (χ2n) is 5.79. The quantitative estimate of drug-likeness (QED) is 0.823. The second-order valence-corrected chi connectivity index (χ2v) is 6.17. The molecule has 0 saturated carbocycles. The highest BCUT2D eigenvalue weighted by atomic mass is 32.1. The van der Waals surface area contributed by atoms with E-state index in [0.717, 1.165) is 5.56 Å². The molecule has 1 amide bonds. The number of H-pyrrole nitrogens is 1. The molecule has 0 fully saturated rings. The van der Waals surface area contributed by atoms with E-state index >= 15 is 0 Å². The number of carbonyl (C=O) groups excluding carboxylic acids is 1. The van der Waals surface area contributed by atoms with Gasteiger partial charge in [-0.25, -0.2) is 5.01 Å². The first-order chi connectivity index (χ1) is 11.9. The lowest BCUT2D eigenvalue weighted by Crippen LogP contribution is -2.26. The summed E-state index contributed by atoms with van der Waals surface area (Å²) < 4.78 is 1.42. The van der Waals surface area contributed by atoms with E-state index in [2.05, 4.69) is 10.1 Å². The highest BCUT2D eigenvalue weighted by Crippen LogP contribution is 2.33. The summed E-state index contributed by atoms with van der Waals surface area (Å²) in [7, 11) is 1.55. The van der Waals surface area contributed by atoms with Gasteiger partial charge in [0.2, 0.25) is 11.8 Å². The van der Waals surface area contributed by atoms with E-state index in [9.17, 15) is 14.7 Å². The van der Waals surface area contributed by atoms with Gasteiger partial charge < -0.3 is 5.11 Å². The fraction of sp³-hybridized carbons (Fsp3) is 0.294. The van der Waals surface area contributed by atoms with E-state index in [0.29, 0.717) is 18.6 Å². The van der Waals surface area contributed by atoms with Crippen molar-refractivity contribution in [2.45, 2.75) is 25.8 Å². The fourth-order valence-corrected chi connectivity index (χ4v) is 3.04. The molecule has 8 heteroatoms. The van der Waals surface area contributed by atoms with Gasteiger partial charge in [-0.05, 0) is 17.8 Å². The van der Waals surface area contributed by atoms with E-state index < -0.39 is 5.56 Å². The summed E-state index contributed by atoms with van der Waals surface area (Å²) in [6, 6.07) is 9.18. The maximum absolute atomic E-state index is 12.3. The summed E-state index contributed by atoms with van der Waals surface area (Å²) in [5, 5.41) is 16.1. The molecule has 2 N–H and O–H groups in total. The number of aromatic nitrogens is 2. The summed E-state index contributed by atoms with van der Waals surface area (Å²) in [6.45, 7) is 1.76. The number of rotatable bonds is 3. The van der Waals surface area contributed by atoms with Crippen LogP contribution in [0.1, 0.15) is 36.9 Å². The molecule has 0 saturated heterocycles. The van der Waals surface area contributed by atoms with E-state index in [1.807, 2.05) is 30.3 Å². The molecule has 1 aromatic carbocycles. The summed E-state index contributed by atoms with van der Waals surface area (Å²) in [4.78, 5) is 27.1. The molecule has 0 radical (unpaired) electrons. The van der Waals surface area contributed by atoms with Gasteiger partial charge in [0.1, 0.15) is 5.56 Å². The Bertz CT molecular complexity index is 962. The Kier molecular flexibility index (Phi) is 4.54. The number of benzene rings is 1. The maximum Gasteiger partial charge on any atom is 0.264 e. The highest BCUT2D eigenvalue weighted by molar-refractivity contribution is 7.71. The minimum absolute atomic E-state index is 0.0448. The van der Waals surface area contributed by atoms with Crippen LogP contribution in [0.15, 0.2) is 40.2 Å². The first-order valence-electron chi connectivity index (χ1n) is 7.91. The van der Waals surface area contributed by atoms with Crippen molar-refractivity contribution in [1.82, 2.24) is 14.6 Å². The molecule has 2 heterocycles. The molecule has 3 rings (SSSR count). The van der Waals surface area contributed by atoms with Crippen molar-refractivity contribution >= 4 is 23.8 Å². The van der Waals surface area contributed by atoms with E-state index in [-0.39, 0.29) is 28.2 Å². The molecule has 0 unspecified atom stereocenters. The molecule has 1 aliphatic rings. The molecule has 0 bridgehead atoms. The molecule has 0 spiro atoms. The molecule has 130 valence electrons. The van der Waals surface area contributed by atoms with Gasteiger partial charge in [-0.2, -0.15) is 5.10 Å². The van der Waals surface area contributed by atoms with Crippen molar-refractivity contribution in [3.63, 3.8) is 0 Å². The zero-order valence-electron chi connectivity index (χ0n) is 13.9.